The molecule has 126 valence electrons. The van der Waals surface area contributed by atoms with Crippen LogP contribution in [0.3, 0.4) is 0 Å². The summed E-state index contributed by atoms with van der Waals surface area (Å²) in [7, 11) is 0. The Hall–Kier alpha value is -1.46. The van der Waals surface area contributed by atoms with Crippen LogP contribution in [-0.4, -0.2) is 28.6 Å². The largest absolute Gasteiger partial charge is 0.383 e. The van der Waals surface area contributed by atoms with Crippen LogP contribution in [0.4, 0.5) is 0 Å². The minimum atomic E-state index is -0.871. The molecule has 1 saturated carbocycles. The zero-order chi connectivity index (χ0) is 16.2. The highest BCUT2D eigenvalue weighted by Crippen LogP contribution is 2.26. The second kappa shape index (κ2) is 7.41. The molecule has 1 aromatic rings. The van der Waals surface area contributed by atoms with E-state index in [9.17, 15) is 9.90 Å². The summed E-state index contributed by atoms with van der Waals surface area (Å²) in [6.07, 6.45) is 7.41. The number of nitrogens with one attached hydrogen (secondary N) is 2. The molecule has 0 saturated heterocycles. The summed E-state index contributed by atoms with van der Waals surface area (Å²) in [6, 6.07) is 0. The number of carbonyl (C=O) groups excluding carboxylic acids is 1. The smallest absolute Gasteiger partial charge is 0.249 e. The molecule has 5 heteroatoms. The summed E-state index contributed by atoms with van der Waals surface area (Å²) in [4.78, 5) is 16.8. The molecule has 3 N–H and O–H groups in total. The fourth-order valence-corrected chi connectivity index (χ4v) is 3.82. The van der Waals surface area contributed by atoms with Crippen molar-refractivity contribution in [1.29, 1.82) is 0 Å². The van der Waals surface area contributed by atoms with Gasteiger partial charge in [0.25, 0.3) is 0 Å². The van der Waals surface area contributed by atoms with Gasteiger partial charge in [0.2, 0.25) is 5.91 Å². The van der Waals surface area contributed by atoms with Gasteiger partial charge in [-0.3, -0.25) is 9.78 Å². The molecule has 3 rings (SSSR count). The molecule has 0 bridgehead atoms. The van der Waals surface area contributed by atoms with Gasteiger partial charge in [0.1, 0.15) is 6.10 Å². The van der Waals surface area contributed by atoms with E-state index in [0.717, 1.165) is 56.5 Å². The lowest BCUT2D eigenvalue weighted by Crippen LogP contribution is -2.40. The maximum Gasteiger partial charge on any atom is 0.249 e. The van der Waals surface area contributed by atoms with Crippen molar-refractivity contribution in [3.63, 3.8) is 0 Å². The normalized spacial score (nSPS) is 19.9. The Morgan fingerprint density at radius 3 is 3.00 bits per heavy atom. The average molecular weight is 317 g/mol. The zero-order valence-corrected chi connectivity index (χ0v) is 13.9. The third-order valence-corrected chi connectivity index (χ3v) is 5.27. The number of carbonyl (C=O) groups is 1. The molecule has 23 heavy (non-hydrogen) atoms. The van der Waals surface area contributed by atoms with Crippen LogP contribution in [-0.2, 0) is 24.3 Å². The van der Waals surface area contributed by atoms with E-state index in [4.69, 9.17) is 0 Å². The van der Waals surface area contributed by atoms with Gasteiger partial charge in [-0.25, -0.2) is 0 Å². The lowest BCUT2D eigenvalue weighted by Gasteiger charge is -2.26. The van der Waals surface area contributed by atoms with Crippen LogP contribution in [0.1, 0.15) is 54.5 Å². The lowest BCUT2D eigenvalue weighted by atomic mass is 9.85. The Morgan fingerprint density at radius 1 is 1.43 bits per heavy atom. The number of amides is 1. The van der Waals surface area contributed by atoms with Crippen molar-refractivity contribution < 1.29 is 9.90 Å². The number of pyridine rings is 1. The van der Waals surface area contributed by atoms with Gasteiger partial charge in [0.05, 0.1) is 0 Å². The van der Waals surface area contributed by atoms with Crippen LogP contribution in [0.5, 0.6) is 0 Å². The van der Waals surface area contributed by atoms with Crippen molar-refractivity contribution in [2.45, 2.75) is 64.6 Å². The summed E-state index contributed by atoms with van der Waals surface area (Å²) < 4.78 is 0. The molecule has 1 fully saturated rings. The van der Waals surface area contributed by atoms with E-state index in [1.807, 2.05) is 13.1 Å². The minimum Gasteiger partial charge on any atom is -0.383 e. The van der Waals surface area contributed by atoms with Crippen molar-refractivity contribution in [2.24, 2.45) is 5.92 Å². The minimum absolute atomic E-state index is 0.122. The number of aliphatic hydroxyl groups is 1. The predicted octanol–water partition coefficient (Wildman–Crippen LogP) is 1.59. The number of hydrogen-bond acceptors (Lipinski definition) is 4. The highest BCUT2D eigenvalue weighted by molar-refractivity contribution is 5.80. The number of fused-ring (bicyclic) bond motifs is 1. The van der Waals surface area contributed by atoms with Gasteiger partial charge in [0.15, 0.2) is 0 Å². The van der Waals surface area contributed by atoms with Crippen molar-refractivity contribution in [3.05, 3.63) is 28.6 Å². The van der Waals surface area contributed by atoms with Crippen LogP contribution in [0.15, 0.2) is 6.20 Å². The first-order valence-corrected chi connectivity index (χ1v) is 8.79. The number of hydrogen-bond donors (Lipinski definition) is 3. The first-order valence-electron chi connectivity index (χ1n) is 8.79. The van der Waals surface area contributed by atoms with Crippen LogP contribution in [0.2, 0.25) is 0 Å². The molecular formula is C18H27N3O2. The molecule has 0 aromatic carbocycles. The van der Waals surface area contributed by atoms with Crippen molar-refractivity contribution in [1.82, 2.24) is 15.6 Å². The average Bonchev–Trinajstić information content (AvgIpc) is 2.60. The monoisotopic (exact) mass is 317 g/mol. The Balaban J connectivity index is 1.64. The van der Waals surface area contributed by atoms with Gasteiger partial charge >= 0.3 is 0 Å². The van der Waals surface area contributed by atoms with Gasteiger partial charge in [-0.05, 0) is 55.3 Å². The highest BCUT2D eigenvalue weighted by Gasteiger charge is 2.27. The van der Waals surface area contributed by atoms with Crippen LogP contribution >= 0.6 is 0 Å². The van der Waals surface area contributed by atoms with Gasteiger partial charge in [-0.1, -0.05) is 19.3 Å². The predicted molar refractivity (Wildman–Crippen MR) is 88.8 cm³/mol. The SMILES string of the molecule is Cc1ncc2c(c1CNC(=O)[C@H](O)C1CCCCC1)CCNC2. The highest BCUT2D eigenvalue weighted by atomic mass is 16.3. The molecule has 1 atom stereocenters. The van der Waals surface area contributed by atoms with Gasteiger partial charge < -0.3 is 15.7 Å². The molecule has 1 aliphatic carbocycles. The van der Waals surface area contributed by atoms with Crippen LogP contribution in [0, 0.1) is 12.8 Å². The van der Waals surface area contributed by atoms with Crippen molar-refractivity contribution in [2.75, 3.05) is 6.54 Å². The maximum absolute atomic E-state index is 12.3. The Kier molecular flexibility index (Phi) is 5.28. The van der Waals surface area contributed by atoms with Gasteiger partial charge in [-0.15, -0.1) is 0 Å². The summed E-state index contributed by atoms with van der Waals surface area (Å²) in [5, 5.41) is 16.6. The molecule has 5 nitrogen and oxygen atoms in total. The number of nitrogens with zero attached hydrogens (tertiary/aromatic N) is 1. The number of rotatable bonds is 4. The standard InChI is InChI=1S/C18H27N3O2/c1-12-16(15-7-8-19-9-14(15)10-20-12)11-21-18(23)17(22)13-5-3-2-4-6-13/h10,13,17,19,22H,2-9,11H2,1H3,(H,21,23)/t17-/m1/s1. The van der Waals surface area contributed by atoms with E-state index in [1.54, 1.807) is 0 Å². The molecule has 1 aromatic heterocycles. The van der Waals surface area contributed by atoms with E-state index < -0.39 is 6.10 Å². The second-order valence-electron chi connectivity index (χ2n) is 6.81. The number of aryl methyl sites for hydroxylation is 1. The molecule has 0 radical (unpaired) electrons. The molecular weight excluding hydrogens is 290 g/mol. The van der Waals surface area contributed by atoms with E-state index in [2.05, 4.69) is 15.6 Å². The third kappa shape index (κ3) is 3.72. The van der Waals surface area contributed by atoms with E-state index >= 15 is 0 Å². The van der Waals surface area contributed by atoms with Crippen molar-refractivity contribution in [3.8, 4) is 0 Å². The fourth-order valence-electron chi connectivity index (χ4n) is 3.82. The number of aliphatic hydroxyl groups excluding tert-OH is 1. The lowest BCUT2D eigenvalue weighted by molar-refractivity contribution is -0.132. The topological polar surface area (TPSA) is 74.2 Å². The Bertz CT molecular complexity index is 568. The maximum atomic E-state index is 12.3. The van der Waals surface area contributed by atoms with Crippen LogP contribution in [0.25, 0.3) is 0 Å². The van der Waals surface area contributed by atoms with Crippen LogP contribution < -0.4 is 10.6 Å². The summed E-state index contributed by atoms with van der Waals surface area (Å²) >= 11 is 0. The Labute approximate surface area is 137 Å². The molecule has 0 spiro atoms. The summed E-state index contributed by atoms with van der Waals surface area (Å²) in [6.45, 7) is 4.25. The number of aromatic nitrogens is 1. The van der Waals surface area contributed by atoms with E-state index in [1.165, 1.54) is 17.5 Å². The van der Waals surface area contributed by atoms with Gasteiger partial charge in [0, 0.05) is 25.0 Å². The first-order chi connectivity index (χ1) is 11.2. The molecule has 2 heterocycles. The molecule has 1 amide bonds. The van der Waals surface area contributed by atoms with Crippen molar-refractivity contribution >= 4 is 5.91 Å². The van der Waals surface area contributed by atoms with E-state index in [0.29, 0.717) is 6.54 Å². The first kappa shape index (κ1) is 16.4. The van der Waals surface area contributed by atoms with Gasteiger partial charge in [-0.2, -0.15) is 0 Å². The second-order valence-corrected chi connectivity index (χ2v) is 6.81. The fraction of sp³-hybridized carbons (Fsp3) is 0.667. The Morgan fingerprint density at radius 2 is 2.22 bits per heavy atom. The molecule has 2 aliphatic rings. The molecule has 0 unspecified atom stereocenters. The summed E-state index contributed by atoms with van der Waals surface area (Å²) in [5.41, 5.74) is 4.62. The summed E-state index contributed by atoms with van der Waals surface area (Å²) in [5.74, 6) is -0.111. The van der Waals surface area contributed by atoms with E-state index in [-0.39, 0.29) is 11.8 Å². The third-order valence-electron chi connectivity index (χ3n) is 5.27. The quantitative estimate of drug-likeness (QED) is 0.788. The molecule has 1 aliphatic heterocycles. The zero-order valence-electron chi connectivity index (χ0n) is 13.9.